The molecular formula is C13H16N4O. The highest BCUT2D eigenvalue weighted by molar-refractivity contribution is 5.59. The van der Waals surface area contributed by atoms with Crippen LogP contribution in [-0.2, 0) is 19.5 Å². The first-order chi connectivity index (χ1) is 8.78. The van der Waals surface area contributed by atoms with Crippen LogP contribution >= 0.6 is 0 Å². The molecule has 94 valence electrons. The van der Waals surface area contributed by atoms with Gasteiger partial charge in [0, 0.05) is 11.7 Å². The summed E-state index contributed by atoms with van der Waals surface area (Å²) in [4.78, 5) is 6.56. The molecule has 0 fully saturated rings. The van der Waals surface area contributed by atoms with Crippen LogP contribution < -0.4 is 10.6 Å². The van der Waals surface area contributed by atoms with Crippen molar-refractivity contribution in [1.82, 2.24) is 10.1 Å². The van der Waals surface area contributed by atoms with E-state index >= 15 is 0 Å². The smallest absolute Gasteiger partial charge is 0.240 e. The Morgan fingerprint density at radius 1 is 1.44 bits per heavy atom. The molecule has 2 aromatic rings. The molecule has 0 saturated heterocycles. The first-order valence-corrected chi connectivity index (χ1v) is 6.14. The maximum absolute atomic E-state index is 5.47. The van der Waals surface area contributed by atoms with Gasteiger partial charge in [-0.3, -0.25) is 0 Å². The maximum atomic E-state index is 5.47. The number of benzene rings is 1. The van der Waals surface area contributed by atoms with Crippen molar-refractivity contribution in [3.05, 3.63) is 41.5 Å². The molecule has 1 aliphatic rings. The molecule has 0 aliphatic carbocycles. The molecule has 18 heavy (non-hydrogen) atoms. The van der Waals surface area contributed by atoms with Crippen LogP contribution in [0.25, 0.3) is 0 Å². The zero-order valence-corrected chi connectivity index (χ0v) is 10.3. The van der Waals surface area contributed by atoms with Gasteiger partial charge in [0.2, 0.25) is 5.89 Å². The third-order valence-corrected chi connectivity index (χ3v) is 3.34. The molecule has 0 amide bonds. The van der Waals surface area contributed by atoms with Crippen molar-refractivity contribution in [1.29, 1.82) is 0 Å². The van der Waals surface area contributed by atoms with Crippen molar-refractivity contribution in [3.63, 3.8) is 0 Å². The van der Waals surface area contributed by atoms with Gasteiger partial charge in [-0.05, 0) is 25.0 Å². The number of nitrogens with zero attached hydrogens (tertiary/aromatic N) is 3. The van der Waals surface area contributed by atoms with Crippen molar-refractivity contribution >= 4 is 5.69 Å². The lowest BCUT2D eigenvalue weighted by atomic mass is 10.1. The van der Waals surface area contributed by atoms with E-state index in [4.69, 9.17) is 10.3 Å². The van der Waals surface area contributed by atoms with Gasteiger partial charge in [0.15, 0.2) is 5.82 Å². The summed E-state index contributed by atoms with van der Waals surface area (Å²) >= 11 is 0. The van der Waals surface area contributed by atoms with Gasteiger partial charge >= 0.3 is 0 Å². The van der Waals surface area contributed by atoms with E-state index in [1.54, 1.807) is 0 Å². The second kappa shape index (κ2) is 4.42. The molecule has 5 heteroatoms. The topological polar surface area (TPSA) is 68.2 Å². The summed E-state index contributed by atoms with van der Waals surface area (Å²) in [5, 5.41) is 3.95. The standard InChI is InChI=1S/C13H16N4O/c1-9-6-10-4-2-3-5-11(10)17(9)8-12-15-13(7-14)18-16-12/h2-5,9H,6-8,14H2,1H3. The lowest BCUT2D eigenvalue weighted by molar-refractivity contribution is 0.374. The van der Waals surface area contributed by atoms with Crippen molar-refractivity contribution in [3.8, 4) is 0 Å². The first-order valence-electron chi connectivity index (χ1n) is 6.14. The summed E-state index contributed by atoms with van der Waals surface area (Å²) in [6.07, 6.45) is 1.07. The number of hydrogen-bond donors (Lipinski definition) is 1. The summed E-state index contributed by atoms with van der Waals surface area (Å²) < 4.78 is 5.03. The number of fused-ring (bicyclic) bond motifs is 1. The summed E-state index contributed by atoms with van der Waals surface area (Å²) in [5.41, 5.74) is 8.11. The molecule has 0 bridgehead atoms. The molecule has 0 radical (unpaired) electrons. The number of aromatic nitrogens is 2. The van der Waals surface area contributed by atoms with E-state index in [0.717, 1.165) is 6.42 Å². The van der Waals surface area contributed by atoms with E-state index < -0.39 is 0 Å². The fraction of sp³-hybridized carbons (Fsp3) is 0.385. The van der Waals surface area contributed by atoms with Crippen molar-refractivity contribution < 1.29 is 4.52 Å². The van der Waals surface area contributed by atoms with Crippen molar-refractivity contribution in [2.75, 3.05) is 4.90 Å². The summed E-state index contributed by atoms with van der Waals surface area (Å²) in [5.74, 6) is 1.18. The van der Waals surface area contributed by atoms with Crippen LogP contribution in [0.2, 0.25) is 0 Å². The Morgan fingerprint density at radius 2 is 2.28 bits per heavy atom. The monoisotopic (exact) mass is 244 g/mol. The molecule has 1 atom stereocenters. The molecule has 0 saturated carbocycles. The Kier molecular flexibility index (Phi) is 2.76. The van der Waals surface area contributed by atoms with Crippen LogP contribution in [0.3, 0.4) is 0 Å². The molecule has 1 aromatic heterocycles. The largest absolute Gasteiger partial charge is 0.361 e. The van der Waals surface area contributed by atoms with E-state index in [-0.39, 0.29) is 0 Å². The molecule has 3 rings (SSSR count). The fourth-order valence-electron chi connectivity index (χ4n) is 2.46. The zero-order chi connectivity index (χ0) is 12.5. The van der Waals surface area contributed by atoms with Crippen LogP contribution in [0.4, 0.5) is 5.69 Å². The number of hydrogen-bond acceptors (Lipinski definition) is 5. The van der Waals surface area contributed by atoms with Gasteiger partial charge in [-0.2, -0.15) is 4.98 Å². The third-order valence-electron chi connectivity index (χ3n) is 3.34. The second-order valence-electron chi connectivity index (χ2n) is 4.62. The average Bonchev–Trinajstić information content (AvgIpc) is 2.96. The average molecular weight is 244 g/mol. The van der Waals surface area contributed by atoms with E-state index in [0.29, 0.717) is 30.8 Å². The van der Waals surface area contributed by atoms with Gasteiger partial charge < -0.3 is 15.2 Å². The van der Waals surface area contributed by atoms with Crippen LogP contribution in [0.5, 0.6) is 0 Å². The van der Waals surface area contributed by atoms with Crippen molar-refractivity contribution in [2.24, 2.45) is 5.73 Å². The Bertz CT molecular complexity index is 551. The minimum atomic E-state index is 0.291. The van der Waals surface area contributed by atoms with Crippen LogP contribution in [0.15, 0.2) is 28.8 Å². The van der Waals surface area contributed by atoms with E-state index in [1.807, 2.05) is 0 Å². The van der Waals surface area contributed by atoms with E-state index in [9.17, 15) is 0 Å². The quantitative estimate of drug-likeness (QED) is 0.885. The lowest BCUT2D eigenvalue weighted by Crippen LogP contribution is -2.29. The van der Waals surface area contributed by atoms with Gasteiger partial charge in [0.1, 0.15) is 0 Å². The highest BCUT2D eigenvalue weighted by Crippen LogP contribution is 2.32. The van der Waals surface area contributed by atoms with Gasteiger partial charge in [-0.1, -0.05) is 23.4 Å². The van der Waals surface area contributed by atoms with Crippen LogP contribution in [0, 0.1) is 0 Å². The Morgan fingerprint density at radius 3 is 3.06 bits per heavy atom. The first kappa shape index (κ1) is 11.2. The van der Waals surface area contributed by atoms with E-state index in [2.05, 4.69) is 46.2 Å². The molecule has 5 nitrogen and oxygen atoms in total. The number of nitrogens with two attached hydrogens (primary N) is 1. The summed E-state index contributed by atoms with van der Waals surface area (Å²) in [6, 6.07) is 8.92. The molecule has 0 spiro atoms. The predicted molar refractivity (Wildman–Crippen MR) is 68.0 cm³/mol. The molecule has 2 heterocycles. The minimum absolute atomic E-state index is 0.291. The minimum Gasteiger partial charge on any atom is -0.361 e. The van der Waals surface area contributed by atoms with E-state index in [1.165, 1.54) is 11.3 Å². The molecule has 1 aromatic carbocycles. The maximum Gasteiger partial charge on any atom is 0.240 e. The highest BCUT2D eigenvalue weighted by Gasteiger charge is 2.26. The molecule has 1 aliphatic heterocycles. The Labute approximate surface area is 106 Å². The lowest BCUT2D eigenvalue weighted by Gasteiger charge is -2.22. The number of rotatable bonds is 3. The normalized spacial score (nSPS) is 18.1. The number of anilines is 1. The SMILES string of the molecule is CC1Cc2ccccc2N1Cc1noc(CN)n1. The zero-order valence-electron chi connectivity index (χ0n) is 10.3. The number of para-hydroxylation sites is 1. The highest BCUT2D eigenvalue weighted by atomic mass is 16.5. The fourth-order valence-corrected chi connectivity index (χ4v) is 2.46. The van der Waals surface area contributed by atoms with Gasteiger partial charge in [0.25, 0.3) is 0 Å². The second-order valence-corrected chi connectivity index (χ2v) is 4.62. The molecular weight excluding hydrogens is 228 g/mol. The van der Waals surface area contributed by atoms with Gasteiger partial charge in [-0.25, -0.2) is 0 Å². The molecule has 2 N–H and O–H groups in total. The van der Waals surface area contributed by atoms with Gasteiger partial charge in [-0.15, -0.1) is 0 Å². The predicted octanol–water partition coefficient (Wildman–Crippen LogP) is 1.48. The third kappa shape index (κ3) is 1.86. The summed E-state index contributed by atoms with van der Waals surface area (Å²) in [7, 11) is 0. The molecule has 1 unspecified atom stereocenters. The Balaban J connectivity index is 1.84. The Hall–Kier alpha value is -1.88. The summed E-state index contributed by atoms with van der Waals surface area (Å²) in [6.45, 7) is 3.17. The van der Waals surface area contributed by atoms with Crippen LogP contribution in [0.1, 0.15) is 24.2 Å². The van der Waals surface area contributed by atoms with Crippen LogP contribution in [-0.4, -0.2) is 16.2 Å². The van der Waals surface area contributed by atoms with Gasteiger partial charge in [0.05, 0.1) is 13.1 Å². The van der Waals surface area contributed by atoms with Crippen molar-refractivity contribution in [2.45, 2.75) is 32.5 Å².